The Hall–Kier alpha value is -0.843. The van der Waals surface area contributed by atoms with Crippen LogP contribution in [0.5, 0.6) is 0 Å². The van der Waals surface area contributed by atoms with Crippen molar-refractivity contribution in [3.8, 4) is 0 Å². The van der Waals surface area contributed by atoms with Gasteiger partial charge >= 0.3 is 0 Å². The summed E-state index contributed by atoms with van der Waals surface area (Å²) in [7, 11) is -2.48. The van der Waals surface area contributed by atoms with Crippen LogP contribution in [0, 0.1) is 30.2 Å². The first-order valence-corrected chi connectivity index (χ1v) is 8.76. The maximum Gasteiger partial charge on any atom is 0.197 e. The Bertz CT molecular complexity index is 458. The molecular weight excluding hydrogens is 260 g/mol. The van der Waals surface area contributed by atoms with Crippen molar-refractivity contribution in [2.24, 2.45) is 0 Å². The van der Waals surface area contributed by atoms with Gasteiger partial charge in [-0.25, -0.2) is 17.6 Å². The number of halogens is 4. The molecule has 1 aromatic carbocycles. The second-order valence-corrected chi connectivity index (χ2v) is 11.4. The van der Waals surface area contributed by atoms with Gasteiger partial charge in [0.05, 0.1) is 8.07 Å². The third kappa shape index (κ3) is 2.09. The molecule has 0 spiro atoms. The Morgan fingerprint density at radius 1 is 0.778 bits per heavy atom. The van der Waals surface area contributed by atoms with Crippen molar-refractivity contribution in [1.82, 2.24) is 0 Å². The maximum absolute atomic E-state index is 14.0. The molecule has 0 nitrogen and oxygen atoms in total. The van der Waals surface area contributed by atoms with Crippen molar-refractivity contribution in [2.45, 2.75) is 45.8 Å². The van der Waals surface area contributed by atoms with E-state index in [0.29, 0.717) is 0 Å². The van der Waals surface area contributed by atoms with E-state index in [4.69, 9.17) is 0 Å². The lowest BCUT2D eigenvalue weighted by atomic mass is 10.2. The van der Waals surface area contributed by atoms with Crippen molar-refractivity contribution >= 4 is 13.3 Å². The predicted molar refractivity (Wildman–Crippen MR) is 67.8 cm³/mol. The van der Waals surface area contributed by atoms with Gasteiger partial charge in [-0.15, -0.1) is 0 Å². The highest BCUT2D eigenvalue weighted by molar-refractivity contribution is 6.92. The summed E-state index contributed by atoms with van der Waals surface area (Å²) in [5.41, 5.74) is -0.113. The molecule has 1 aromatic rings. The summed E-state index contributed by atoms with van der Waals surface area (Å²) in [5, 5.41) is -0.263. The van der Waals surface area contributed by atoms with Gasteiger partial charge in [0.25, 0.3) is 0 Å². The Balaban J connectivity index is 3.72. The minimum Gasteiger partial charge on any atom is -0.204 e. The van der Waals surface area contributed by atoms with Crippen LogP contribution < -0.4 is 5.19 Å². The molecule has 0 N–H and O–H groups in total. The quantitative estimate of drug-likeness (QED) is 0.311. The van der Waals surface area contributed by atoms with E-state index in [1.165, 1.54) is 6.92 Å². The SMILES string of the molecule is Cc1c(F)c(F)c(F)c(F)c1[Si](C)(C)C(C)(C)C. The summed E-state index contributed by atoms with van der Waals surface area (Å²) in [4.78, 5) is 0. The van der Waals surface area contributed by atoms with Crippen LogP contribution in [0.1, 0.15) is 26.3 Å². The van der Waals surface area contributed by atoms with Gasteiger partial charge in [0.1, 0.15) is 0 Å². The number of hydrogen-bond acceptors (Lipinski definition) is 0. The molecule has 0 aliphatic heterocycles. The molecule has 102 valence electrons. The standard InChI is InChI=1S/C13H18F4Si/c1-7-8(14)9(15)10(16)11(17)12(7)18(5,6)13(2,3)4/h1-6H3. The first kappa shape index (κ1) is 15.2. The first-order chi connectivity index (χ1) is 7.93. The molecule has 0 bridgehead atoms. The minimum atomic E-state index is -2.48. The number of rotatable bonds is 1. The van der Waals surface area contributed by atoms with Gasteiger partial charge in [0.2, 0.25) is 0 Å². The van der Waals surface area contributed by atoms with Crippen LogP contribution in [0.3, 0.4) is 0 Å². The molecular formula is C13H18F4Si. The van der Waals surface area contributed by atoms with E-state index in [1.54, 1.807) is 0 Å². The van der Waals surface area contributed by atoms with Crippen molar-refractivity contribution < 1.29 is 17.6 Å². The average molecular weight is 278 g/mol. The molecule has 0 heterocycles. The van der Waals surface area contributed by atoms with E-state index >= 15 is 0 Å². The molecule has 0 aromatic heterocycles. The van der Waals surface area contributed by atoms with Crippen molar-refractivity contribution in [3.63, 3.8) is 0 Å². The lowest BCUT2D eigenvalue weighted by Crippen LogP contribution is -2.53. The van der Waals surface area contributed by atoms with E-state index in [1.807, 2.05) is 33.9 Å². The average Bonchev–Trinajstić information content (AvgIpc) is 2.22. The second-order valence-electron chi connectivity index (χ2n) is 6.13. The zero-order valence-electron chi connectivity index (χ0n) is 11.5. The third-order valence-corrected chi connectivity index (χ3v) is 9.60. The van der Waals surface area contributed by atoms with Gasteiger partial charge < -0.3 is 0 Å². The first-order valence-electron chi connectivity index (χ1n) is 5.76. The van der Waals surface area contributed by atoms with Crippen molar-refractivity contribution in [1.29, 1.82) is 0 Å². The zero-order valence-corrected chi connectivity index (χ0v) is 12.5. The molecule has 18 heavy (non-hydrogen) atoms. The summed E-state index contributed by atoms with van der Waals surface area (Å²) < 4.78 is 54.1. The van der Waals surface area contributed by atoms with Crippen LogP contribution in [0.2, 0.25) is 18.1 Å². The Morgan fingerprint density at radius 3 is 1.56 bits per heavy atom. The summed E-state index contributed by atoms with van der Waals surface area (Å²) in [6.45, 7) is 10.7. The monoisotopic (exact) mass is 278 g/mol. The van der Waals surface area contributed by atoms with Crippen LogP contribution in [-0.4, -0.2) is 8.07 Å². The predicted octanol–water partition coefficient (Wildman–Crippen LogP) is 4.27. The summed E-state index contributed by atoms with van der Waals surface area (Å²) in [5.74, 6) is -5.96. The molecule has 0 aliphatic carbocycles. The van der Waals surface area contributed by atoms with Gasteiger partial charge in [-0.2, -0.15) is 0 Å². The van der Waals surface area contributed by atoms with E-state index in [0.717, 1.165) is 0 Å². The molecule has 0 unspecified atom stereocenters. The molecule has 0 atom stereocenters. The summed E-state index contributed by atoms with van der Waals surface area (Å²) in [6, 6.07) is 0. The minimum absolute atomic E-state index is 0.0337. The van der Waals surface area contributed by atoms with E-state index in [9.17, 15) is 17.6 Å². The normalized spacial score (nSPS) is 13.0. The molecule has 1 rings (SSSR count). The van der Waals surface area contributed by atoms with Gasteiger partial charge in [0.15, 0.2) is 23.3 Å². The van der Waals surface area contributed by atoms with Crippen LogP contribution in [0.4, 0.5) is 17.6 Å². The number of benzene rings is 1. The molecule has 0 saturated carbocycles. The fourth-order valence-electron chi connectivity index (χ4n) is 1.86. The molecule has 5 heteroatoms. The van der Waals surface area contributed by atoms with E-state index in [-0.39, 0.29) is 15.8 Å². The fraction of sp³-hybridized carbons (Fsp3) is 0.538. The zero-order chi connectivity index (χ0) is 14.5. The van der Waals surface area contributed by atoms with Crippen LogP contribution in [0.15, 0.2) is 0 Å². The van der Waals surface area contributed by atoms with Gasteiger partial charge in [-0.3, -0.25) is 0 Å². The third-order valence-electron chi connectivity index (χ3n) is 4.00. The second kappa shape index (κ2) is 4.37. The van der Waals surface area contributed by atoms with Gasteiger partial charge in [-0.05, 0) is 22.7 Å². The largest absolute Gasteiger partial charge is 0.204 e. The van der Waals surface area contributed by atoms with E-state index < -0.39 is 31.3 Å². The van der Waals surface area contributed by atoms with Crippen molar-refractivity contribution in [3.05, 3.63) is 28.8 Å². The molecule has 0 radical (unpaired) electrons. The van der Waals surface area contributed by atoms with Crippen LogP contribution >= 0.6 is 0 Å². The molecule has 0 amide bonds. The highest BCUT2D eigenvalue weighted by atomic mass is 28.3. The summed E-state index contributed by atoms with van der Waals surface area (Å²) in [6.07, 6.45) is 0. The van der Waals surface area contributed by atoms with Gasteiger partial charge in [-0.1, -0.05) is 33.9 Å². The molecule has 0 aliphatic rings. The Morgan fingerprint density at radius 2 is 1.17 bits per heavy atom. The topological polar surface area (TPSA) is 0 Å². The lowest BCUT2D eigenvalue weighted by molar-refractivity contribution is 0.409. The highest BCUT2D eigenvalue weighted by Crippen LogP contribution is 2.37. The highest BCUT2D eigenvalue weighted by Gasteiger charge is 2.42. The molecule has 0 saturated heterocycles. The Labute approximate surface area is 106 Å². The fourth-order valence-corrected chi connectivity index (χ4v) is 4.32. The van der Waals surface area contributed by atoms with Crippen molar-refractivity contribution in [2.75, 3.05) is 0 Å². The smallest absolute Gasteiger partial charge is 0.197 e. The Kier molecular flexibility index (Phi) is 3.69. The maximum atomic E-state index is 14.0. The number of hydrogen-bond donors (Lipinski definition) is 0. The van der Waals surface area contributed by atoms with Crippen LogP contribution in [0.25, 0.3) is 0 Å². The molecule has 0 fully saturated rings. The van der Waals surface area contributed by atoms with Gasteiger partial charge in [0, 0.05) is 0 Å². The van der Waals surface area contributed by atoms with E-state index in [2.05, 4.69) is 0 Å². The summed E-state index contributed by atoms with van der Waals surface area (Å²) >= 11 is 0. The lowest BCUT2D eigenvalue weighted by Gasteiger charge is -2.38. The van der Waals surface area contributed by atoms with Crippen LogP contribution in [-0.2, 0) is 0 Å².